The molecule has 2 aromatic rings. The molecular formula is C21H23F3N4O5. The fraction of sp³-hybridized carbons (Fsp3) is 0.333. The summed E-state index contributed by atoms with van der Waals surface area (Å²) < 4.78 is 46.0. The topological polar surface area (TPSA) is 123 Å². The van der Waals surface area contributed by atoms with Crippen molar-refractivity contribution in [3.8, 4) is 0 Å². The summed E-state index contributed by atoms with van der Waals surface area (Å²) in [4.78, 5) is 35.0. The maximum Gasteiger partial charge on any atom is 0.407 e. The number of ether oxygens (including phenoxy) is 1. The number of amides is 2. The molecule has 0 heterocycles. The van der Waals surface area contributed by atoms with Crippen molar-refractivity contribution < 1.29 is 32.4 Å². The van der Waals surface area contributed by atoms with Gasteiger partial charge in [-0.05, 0) is 44.9 Å². The van der Waals surface area contributed by atoms with Gasteiger partial charge < -0.3 is 10.1 Å². The highest BCUT2D eigenvalue weighted by Gasteiger charge is 2.24. The molecule has 0 aromatic heterocycles. The summed E-state index contributed by atoms with van der Waals surface area (Å²) >= 11 is 0. The molecule has 1 atom stereocenters. The second-order valence-electron chi connectivity index (χ2n) is 8.06. The van der Waals surface area contributed by atoms with Gasteiger partial charge >= 0.3 is 6.09 Å². The second-order valence-corrected chi connectivity index (χ2v) is 8.06. The number of hydrogen-bond acceptors (Lipinski definition) is 6. The predicted molar refractivity (Wildman–Crippen MR) is 113 cm³/mol. The van der Waals surface area contributed by atoms with Crippen LogP contribution in [-0.4, -0.2) is 28.6 Å². The number of nitrogens with zero attached hydrogens (tertiary/aromatic N) is 1. The molecule has 0 aliphatic rings. The minimum Gasteiger partial charge on any atom is -0.444 e. The Bertz CT molecular complexity index is 1040. The number of hydrazine groups is 1. The second kappa shape index (κ2) is 10.7. The molecule has 2 rings (SSSR count). The summed E-state index contributed by atoms with van der Waals surface area (Å²) in [6.07, 6.45) is -1.71. The quantitative estimate of drug-likeness (QED) is 0.306. The minimum absolute atomic E-state index is 0.0131. The Morgan fingerprint density at radius 2 is 1.73 bits per heavy atom. The van der Waals surface area contributed by atoms with Gasteiger partial charge in [0.1, 0.15) is 17.1 Å². The van der Waals surface area contributed by atoms with Crippen LogP contribution in [0.5, 0.6) is 0 Å². The fourth-order valence-electron chi connectivity index (χ4n) is 2.78. The van der Waals surface area contributed by atoms with E-state index < -0.39 is 52.4 Å². The van der Waals surface area contributed by atoms with Gasteiger partial charge in [0, 0.05) is 24.6 Å². The van der Waals surface area contributed by atoms with Crippen molar-refractivity contribution in [1.29, 1.82) is 0 Å². The fourth-order valence-corrected chi connectivity index (χ4v) is 2.78. The number of alkyl carbamates (subject to hydrolysis) is 1. The average Bonchev–Trinajstić information content (AvgIpc) is 2.69. The number of rotatable bonds is 8. The third kappa shape index (κ3) is 7.98. The van der Waals surface area contributed by atoms with E-state index in [1.165, 1.54) is 24.3 Å². The Balaban J connectivity index is 2.14. The summed E-state index contributed by atoms with van der Waals surface area (Å²) in [5, 5.41) is 13.5. The molecule has 0 spiro atoms. The Morgan fingerprint density at radius 3 is 2.36 bits per heavy atom. The van der Waals surface area contributed by atoms with E-state index in [0.29, 0.717) is 12.1 Å². The smallest absolute Gasteiger partial charge is 0.407 e. The van der Waals surface area contributed by atoms with Crippen LogP contribution in [0.15, 0.2) is 36.4 Å². The van der Waals surface area contributed by atoms with Crippen LogP contribution in [0.3, 0.4) is 0 Å². The van der Waals surface area contributed by atoms with E-state index in [9.17, 15) is 32.9 Å². The number of anilines is 1. The van der Waals surface area contributed by atoms with Gasteiger partial charge in [-0.1, -0.05) is 12.1 Å². The molecular weight excluding hydrogens is 445 g/mol. The zero-order valence-corrected chi connectivity index (χ0v) is 18.1. The maximum absolute atomic E-state index is 14.1. The van der Waals surface area contributed by atoms with Crippen molar-refractivity contribution >= 4 is 23.4 Å². The lowest BCUT2D eigenvalue weighted by Gasteiger charge is -2.24. The SMILES string of the molecule is CC(C)(C)OC(=O)N[C@@H](CC(=O)NNc1ccccc1[N+](=O)[O-])Cc1cc(F)c(F)cc1F. The van der Waals surface area contributed by atoms with E-state index in [-0.39, 0.29) is 23.4 Å². The van der Waals surface area contributed by atoms with Gasteiger partial charge in [0.05, 0.1) is 4.92 Å². The first-order valence-corrected chi connectivity index (χ1v) is 9.77. The molecule has 178 valence electrons. The molecule has 9 nitrogen and oxygen atoms in total. The highest BCUT2D eigenvalue weighted by atomic mass is 19.2. The lowest BCUT2D eigenvalue weighted by atomic mass is 10.0. The minimum atomic E-state index is -1.38. The van der Waals surface area contributed by atoms with Crippen molar-refractivity contribution in [1.82, 2.24) is 10.7 Å². The molecule has 0 fully saturated rings. The van der Waals surface area contributed by atoms with Crippen molar-refractivity contribution in [2.45, 2.75) is 45.3 Å². The molecule has 2 amide bonds. The molecule has 0 saturated carbocycles. The Morgan fingerprint density at radius 1 is 1.09 bits per heavy atom. The third-order valence-electron chi connectivity index (χ3n) is 4.15. The number of carbonyl (C=O) groups is 2. The van der Waals surface area contributed by atoms with Crippen LogP contribution in [0.2, 0.25) is 0 Å². The molecule has 0 saturated heterocycles. The van der Waals surface area contributed by atoms with Crippen LogP contribution in [0, 0.1) is 27.6 Å². The average molecular weight is 468 g/mol. The first-order valence-electron chi connectivity index (χ1n) is 9.77. The molecule has 0 unspecified atom stereocenters. The molecule has 2 aromatic carbocycles. The molecule has 3 N–H and O–H groups in total. The van der Waals surface area contributed by atoms with Crippen LogP contribution in [0.25, 0.3) is 0 Å². The lowest BCUT2D eigenvalue weighted by molar-refractivity contribution is -0.384. The van der Waals surface area contributed by atoms with E-state index in [1.54, 1.807) is 20.8 Å². The van der Waals surface area contributed by atoms with Crippen molar-refractivity contribution in [2.24, 2.45) is 0 Å². The van der Waals surface area contributed by atoms with Crippen LogP contribution < -0.4 is 16.2 Å². The van der Waals surface area contributed by atoms with Crippen molar-refractivity contribution in [3.05, 3.63) is 69.5 Å². The monoisotopic (exact) mass is 468 g/mol. The van der Waals surface area contributed by atoms with Gasteiger partial charge in [0.25, 0.3) is 5.69 Å². The molecule has 0 bridgehead atoms. The number of carbonyl (C=O) groups excluding carboxylic acids is 2. The van der Waals surface area contributed by atoms with E-state index >= 15 is 0 Å². The van der Waals surface area contributed by atoms with Gasteiger partial charge in [0.15, 0.2) is 11.6 Å². The lowest BCUT2D eigenvalue weighted by Crippen LogP contribution is -2.43. The molecule has 12 heteroatoms. The third-order valence-corrected chi connectivity index (χ3v) is 4.15. The van der Waals surface area contributed by atoms with E-state index in [4.69, 9.17) is 4.74 Å². The molecule has 0 aliphatic carbocycles. The molecule has 0 aliphatic heterocycles. The maximum atomic E-state index is 14.1. The number of para-hydroxylation sites is 2. The van der Waals surface area contributed by atoms with Gasteiger partial charge in [-0.3, -0.25) is 25.8 Å². The highest BCUT2D eigenvalue weighted by Crippen LogP contribution is 2.22. The van der Waals surface area contributed by atoms with Gasteiger partial charge in [0.2, 0.25) is 5.91 Å². The van der Waals surface area contributed by atoms with Gasteiger partial charge in [-0.15, -0.1) is 0 Å². The van der Waals surface area contributed by atoms with Crippen LogP contribution in [-0.2, 0) is 16.0 Å². The number of nitrogens with one attached hydrogen (secondary N) is 3. The normalized spacial score (nSPS) is 11.9. The predicted octanol–water partition coefficient (Wildman–Crippen LogP) is 3.98. The van der Waals surface area contributed by atoms with E-state index in [0.717, 1.165) is 0 Å². The largest absolute Gasteiger partial charge is 0.444 e. The summed E-state index contributed by atoms with van der Waals surface area (Å²) in [6.45, 7) is 4.83. The summed E-state index contributed by atoms with van der Waals surface area (Å²) in [5.74, 6) is -4.44. The van der Waals surface area contributed by atoms with Crippen LogP contribution in [0.4, 0.5) is 29.3 Å². The van der Waals surface area contributed by atoms with Crippen LogP contribution >= 0.6 is 0 Å². The van der Waals surface area contributed by atoms with Gasteiger partial charge in [-0.25, -0.2) is 18.0 Å². The summed E-state index contributed by atoms with van der Waals surface area (Å²) in [6, 6.07) is 5.48. The Kier molecular flexibility index (Phi) is 8.21. The first kappa shape index (κ1) is 25.4. The summed E-state index contributed by atoms with van der Waals surface area (Å²) in [5.41, 5.74) is 3.26. The number of halogens is 3. The Hall–Kier alpha value is -3.83. The molecule has 0 radical (unpaired) electrons. The molecule has 33 heavy (non-hydrogen) atoms. The number of nitro benzene ring substituents is 1. The van der Waals surface area contributed by atoms with Crippen molar-refractivity contribution in [3.63, 3.8) is 0 Å². The number of benzene rings is 2. The standard InChI is InChI=1S/C21H23F3N4O5/c1-21(2,3)33-20(30)25-13(8-12-9-15(23)16(24)11-14(12)22)10-19(29)27-26-17-6-4-5-7-18(17)28(31)32/h4-7,9,11,13,26H,8,10H2,1-3H3,(H,25,30)(H,27,29)/t13-/m1/s1. The van der Waals surface area contributed by atoms with Crippen LogP contribution in [0.1, 0.15) is 32.8 Å². The van der Waals surface area contributed by atoms with E-state index in [2.05, 4.69) is 16.2 Å². The first-order chi connectivity index (χ1) is 15.4. The Labute approximate surface area is 187 Å². The zero-order valence-electron chi connectivity index (χ0n) is 18.1. The summed E-state index contributed by atoms with van der Waals surface area (Å²) in [7, 11) is 0. The number of hydrogen-bond donors (Lipinski definition) is 3. The zero-order chi connectivity index (χ0) is 24.8. The van der Waals surface area contributed by atoms with Crippen molar-refractivity contribution in [2.75, 3.05) is 5.43 Å². The van der Waals surface area contributed by atoms with E-state index in [1.807, 2.05) is 0 Å². The van der Waals surface area contributed by atoms with Gasteiger partial charge in [-0.2, -0.15) is 0 Å². The number of nitro groups is 1. The highest BCUT2D eigenvalue weighted by molar-refractivity contribution is 5.79.